The monoisotopic (exact) mass is 261 g/mol. The Kier molecular flexibility index (Phi) is 4.44. The van der Waals surface area contributed by atoms with Crippen molar-refractivity contribution in [1.82, 2.24) is 15.3 Å². The van der Waals surface area contributed by atoms with Gasteiger partial charge >= 0.3 is 0 Å². The lowest BCUT2D eigenvalue weighted by molar-refractivity contribution is 0.576. The van der Waals surface area contributed by atoms with Crippen molar-refractivity contribution in [2.75, 3.05) is 7.05 Å². The van der Waals surface area contributed by atoms with Crippen molar-refractivity contribution < 1.29 is 0 Å². The third-order valence-electron chi connectivity index (χ3n) is 2.98. The smallest absolute Gasteiger partial charge is 0.0759 e. The summed E-state index contributed by atoms with van der Waals surface area (Å²) in [4.78, 5) is 11.6. The third kappa shape index (κ3) is 3.15. The van der Waals surface area contributed by atoms with Crippen LogP contribution in [0.1, 0.15) is 34.1 Å². The van der Waals surface area contributed by atoms with Gasteiger partial charge in [0.15, 0.2) is 0 Å². The first-order valence-corrected chi connectivity index (χ1v) is 7.08. The lowest BCUT2D eigenvalue weighted by Gasteiger charge is -2.14. The van der Waals surface area contributed by atoms with Crippen molar-refractivity contribution >= 4 is 11.3 Å². The van der Waals surface area contributed by atoms with E-state index in [9.17, 15) is 0 Å². The molecule has 0 fully saturated rings. The van der Waals surface area contributed by atoms with Crippen molar-refractivity contribution in [3.8, 4) is 0 Å². The summed E-state index contributed by atoms with van der Waals surface area (Å²) in [7, 11) is 1.97. The van der Waals surface area contributed by atoms with E-state index in [0.717, 1.165) is 24.2 Å². The normalized spacial score (nSPS) is 12.6. The van der Waals surface area contributed by atoms with E-state index in [1.807, 2.05) is 37.7 Å². The summed E-state index contributed by atoms with van der Waals surface area (Å²) < 4.78 is 0. The zero-order valence-electron chi connectivity index (χ0n) is 11.1. The Bertz CT molecular complexity index is 490. The van der Waals surface area contributed by atoms with Crippen molar-refractivity contribution in [3.05, 3.63) is 45.7 Å². The van der Waals surface area contributed by atoms with Crippen LogP contribution in [0.3, 0.4) is 0 Å². The standard InChI is InChI=1S/C14H19N3S/c1-4-11-5-6-12(18-11)7-13(15-3)14-9-16-10(2)8-17-14/h5-6,8-9,13,15H,4,7H2,1-3H3. The number of hydrogen-bond acceptors (Lipinski definition) is 4. The highest BCUT2D eigenvalue weighted by atomic mass is 32.1. The van der Waals surface area contributed by atoms with Crippen LogP contribution in [0.2, 0.25) is 0 Å². The molecule has 0 spiro atoms. The minimum Gasteiger partial charge on any atom is -0.311 e. The Morgan fingerprint density at radius 2 is 2.00 bits per heavy atom. The van der Waals surface area contributed by atoms with Crippen LogP contribution in [0.15, 0.2) is 24.5 Å². The number of thiophene rings is 1. The van der Waals surface area contributed by atoms with Gasteiger partial charge in [-0.3, -0.25) is 9.97 Å². The van der Waals surface area contributed by atoms with Crippen molar-refractivity contribution in [2.45, 2.75) is 32.7 Å². The Balaban J connectivity index is 2.11. The average Bonchev–Trinajstić information content (AvgIpc) is 2.85. The maximum absolute atomic E-state index is 4.45. The van der Waals surface area contributed by atoms with Gasteiger partial charge in [-0.2, -0.15) is 0 Å². The summed E-state index contributed by atoms with van der Waals surface area (Å²) in [5.41, 5.74) is 1.97. The highest BCUT2D eigenvalue weighted by Crippen LogP contribution is 2.23. The summed E-state index contributed by atoms with van der Waals surface area (Å²) in [5, 5.41) is 3.32. The first-order valence-electron chi connectivity index (χ1n) is 6.26. The molecule has 2 aromatic heterocycles. The second-order valence-corrected chi connectivity index (χ2v) is 5.60. The topological polar surface area (TPSA) is 37.8 Å². The van der Waals surface area contributed by atoms with Crippen LogP contribution in [0.5, 0.6) is 0 Å². The fourth-order valence-corrected chi connectivity index (χ4v) is 2.86. The molecule has 2 rings (SSSR count). The molecule has 1 atom stereocenters. The molecule has 1 unspecified atom stereocenters. The zero-order chi connectivity index (χ0) is 13.0. The number of aryl methyl sites for hydroxylation is 2. The molecule has 18 heavy (non-hydrogen) atoms. The highest BCUT2D eigenvalue weighted by Gasteiger charge is 2.13. The molecule has 96 valence electrons. The summed E-state index contributed by atoms with van der Waals surface area (Å²) in [5.74, 6) is 0. The lowest BCUT2D eigenvalue weighted by atomic mass is 10.1. The Morgan fingerprint density at radius 3 is 2.56 bits per heavy atom. The van der Waals surface area contributed by atoms with E-state index in [0.29, 0.717) is 0 Å². The zero-order valence-corrected chi connectivity index (χ0v) is 11.9. The van der Waals surface area contributed by atoms with Gasteiger partial charge in [0.2, 0.25) is 0 Å². The molecule has 0 bridgehead atoms. The van der Waals surface area contributed by atoms with E-state index in [1.165, 1.54) is 9.75 Å². The largest absolute Gasteiger partial charge is 0.311 e. The van der Waals surface area contributed by atoms with E-state index in [2.05, 4.69) is 34.3 Å². The second-order valence-electron chi connectivity index (χ2n) is 4.35. The quantitative estimate of drug-likeness (QED) is 0.899. The Labute approximate surface area is 112 Å². The average molecular weight is 261 g/mol. The van der Waals surface area contributed by atoms with Gasteiger partial charge in [0.1, 0.15) is 0 Å². The van der Waals surface area contributed by atoms with E-state index in [-0.39, 0.29) is 6.04 Å². The van der Waals surface area contributed by atoms with Crippen LogP contribution in [-0.4, -0.2) is 17.0 Å². The number of likely N-dealkylation sites (N-methyl/N-ethyl adjacent to an activating group) is 1. The molecule has 0 amide bonds. The van der Waals surface area contributed by atoms with Gasteiger partial charge in [0, 0.05) is 22.4 Å². The molecule has 0 radical (unpaired) electrons. The summed E-state index contributed by atoms with van der Waals surface area (Å²) >= 11 is 1.89. The number of nitrogens with zero attached hydrogens (tertiary/aromatic N) is 2. The molecule has 2 heterocycles. The van der Waals surface area contributed by atoms with E-state index in [1.54, 1.807) is 0 Å². The van der Waals surface area contributed by atoms with E-state index < -0.39 is 0 Å². The molecule has 0 saturated heterocycles. The highest BCUT2D eigenvalue weighted by molar-refractivity contribution is 7.11. The molecule has 0 aliphatic carbocycles. The first kappa shape index (κ1) is 13.2. The molecule has 3 nitrogen and oxygen atoms in total. The molecule has 0 aromatic carbocycles. The van der Waals surface area contributed by atoms with Crippen molar-refractivity contribution in [3.63, 3.8) is 0 Å². The minimum absolute atomic E-state index is 0.237. The minimum atomic E-state index is 0.237. The van der Waals surface area contributed by atoms with E-state index >= 15 is 0 Å². The number of nitrogens with one attached hydrogen (secondary N) is 1. The van der Waals surface area contributed by atoms with Crippen LogP contribution in [0.4, 0.5) is 0 Å². The Hall–Kier alpha value is -1.26. The molecular weight excluding hydrogens is 242 g/mol. The molecule has 0 aliphatic heterocycles. The van der Waals surface area contributed by atoms with Crippen LogP contribution in [0.25, 0.3) is 0 Å². The Morgan fingerprint density at radius 1 is 1.22 bits per heavy atom. The summed E-state index contributed by atoms with van der Waals surface area (Å²) in [6.07, 6.45) is 5.77. The van der Waals surface area contributed by atoms with Crippen molar-refractivity contribution in [2.24, 2.45) is 0 Å². The third-order valence-corrected chi connectivity index (χ3v) is 4.23. The van der Waals surface area contributed by atoms with Gasteiger partial charge < -0.3 is 5.32 Å². The predicted octanol–water partition coefficient (Wildman–Crippen LogP) is 2.91. The van der Waals surface area contributed by atoms with Gasteiger partial charge in [0.05, 0.1) is 23.6 Å². The van der Waals surface area contributed by atoms with Crippen LogP contribution in [0, 0.1) is 6.92 Å². The van der Waals surface area contributed by atoms with Crippen LogP contribution >= 0.6 is 11.3 Å². The molecule has 2 aromatic rings. The second kappa shape index (κ2) is 6.07. The van der Waals surface area contributed by atoms with Gasteiger partial charge in [-0.1, -0.05) is 6.92 Å². The van der Waals surface area contributed by atoms with E-state index in [4.69, 9.17) is 0 Å². The van der Waals surface area contributed by atoms with Gasteiger partial charge in [-0.15, -0.1) is 11.3 Å². The molecule has 1 N–H and O–H groups in total. The maximum atomic E-state index is 4.45. The predicted molar refractivity (Wildman–Crippen MR) is 76.0 cm³/mol. The summed E-state index contributed by atoms with van der Waals surface area (Å²) in [6, 6.07) is 4.67. The summed E-state index contributed by atoms with van der Waals surface area (Å²) in [6.45, 7) is 4.15. The van der Waals surface area contributed by atoms with Crippen LogP contribution < -0.4 is 5.32 Å². The fourth-order valence-electron chi connectivity index (χ4n) is 1.86. The number of hydrogen-bond donors (Lipinski definition) is 1. The number of rotatable bonds is 5. The molecule has 4 heteroatoms. The van der Waals surface area contributed by atoms with Gasteiger partial charge in [-0.05, 0) is 32.5 Å². The van der Waals surface area contributed by atoms with Crippen LogP contribution in [-0.2, 0) is 12.8 Å². The molecule has 0 aliphatic rings. The fraction of sp³-hybridized carbons (Fsp3) is 0.429. The first-order chi connectivity index (χ1) is 8.72. The molecule has 0 saturated carbocycles. The molecular formula is C14H19N3S. The SMILES string of the molecule is CCc1ccc(CC(NC)c2cnc(C)cn2)s1. The number of aromatic nitrogens is 2. The van der Waals surface area contributed by atoms with Gasteiger partial charge in [-0.25, -0.2) is 0 Å². The maximum Gasteiger partial charge on any atom is 0.0759 e. The lowest BCUT2D eigenvalue weighted by Crippen LogP contribution is -2.19. The van der Waals surface area contributed by atoms with Gasteiger partial charge in [0.25, 0.3) is 0 Å². The van der Waals surface area contributed by atoms with Crippen molar-refractivity contribution in [1.29, 1.82) is 0 Å².